The number of nitrogens with one attached hydrogen (secondary N) is 2. The third-order valence-electron chi connectivity index (χ3n) is 8.30. The van der Waals surface area contributed by atoms with E-state index in [0.29, 0.717) is 72.6 Å². The van der Waals surface area contributed by atoms with E-state index in [-0.39, 0.29) is 24.0 Å². The predicted octanol–water partition coefficient (Wildman–Crippen LogP) is 4.72. The van der Waals surface area contributed by atoms with Crippen molar-refractivity contribution in [3.8, 4) is 0 Å². The molecule has 0 aliphatic carbocycles. The van der Waals surface area contributed by atoms with Crippen LogP contribution in [-0.4, -0.2) is 88.8 Å². The number of aryl methyl sites for hydroxylation is 2. The van der Waals surface area contributed by atoms with Crippen LogP contribution < -0.4 is 30.7 Å². The van der Waals surface area contributed by atoms with Crippen molar-refractivity contribution in [2.45, 2.75) is 38.8 Å². The predicted molar refractivity (Wildman–Crippen MR) is 213 cm³/mol. The Bertz CT molecular complexity index is 1990. The van der Waals surface area contributed by atoms with Gasteiger partial charge in [-0.15, -0.1) is 0 Å². The molecule has 4 aromatic rings. The van der Waals surface area contributed by atoms with Crippen molar-refractivity contribution in [2.75, 3.05) is 82.7 Å². The van der Waals surface area contributed by atoms with Crippen molar-refractivity contribution in [3.63, 3.8) is 0 Å². The van der Waals surface area contributed by atoms with Gasteiger partial charge >= 0.3 is 0 Å². The number of sulfonamides is 2. The van der Waals surface area contributed by atoms with E-state index in [4.69, 9.17) is 44.1 Å². The van der Waals surface area contributed by atoms with Crippen LogP contribution in [0.1, 0.15) is 47.4 Å². The van der Waals surface area contributed by atoms with Crippen LogP contribution in [0.5, 0.6) is 0 Å². The molecule has 20 heteroatoms. The minimum Gasteiger partial charge on any atom is -0.379 e. The lowest BCUT2D eigenvalue weighted by Crippen LogP contribution is -2.32. The summed E-state index contributed by atoms with van der Waals surface area (Å²) in [5.41, 5.74) is 15.6. The number of anilines is 6. The number of nitrogens with two attached hydrogens (primary N) is 2. The summed E-state index contributed by atoms with van der Waals surface area (Å²) in [5.74, 6) is 1.78. The normalized spacial score (nSPS) is 18.2. The Morgan fingerprint density at radius 1 is 0.667 bits per heavy atom. The van der Waals surface area contributed by atoms with E-state index in [1.807, 2.05) is 26.0 Å². The molecule has 2 aromatic heterocycles. The molecular weight excluding hydrogens is 779 g/mol. The Morgan fingerprint density at radius 2 is 1.06 bits per heavy atom. The highest BCUT2D eigenvalue weighted by Crippen LogP contribution is 2.36. The van der Waals surface area contributed by atoms with Gasteiger partial charge in [-0.05, 0) is 74.2 Å². The standard InChI is InChI=1S/2C17H22ClN5O3S/c2*1-11-8-16(21-17(19)20-11)23-6-3-7-26-10-15(23)13-9-12(4-5-14(13)18)22-27(2,24)25/h2*4-5,8-9,15,22H,3,6-7,10H2,1-2H3,(H2,19,20,21)/t2*15-/m10/s1. The van der Waals surface area contributed by atoms with E-state index in [0.717, 1.165) is 47.9 Å². The van der Waals surface area contributed by atoms with Crippen molar-refractivity contribution in [1.82, 2.24) is 19.9 Å². The zero-order valence-electron chi connectivity index (χ0n) is 30.3. The van der Waals surface area contributed by atoms with Gasteiger partial charge in [0.15, 0.2) is 0 Å². The smallest absolute Gasteiger partial charge is 0.229 e. The number of hydrogen-bond donors (Lipinski definition) is 4. The van der Waals surface area contributed by atoms with Crippen LogP contribution in [0.25, 0.3) is 0 Å². The number of hydrogen-bond acceptors (Lipinski definition) is 14. The summed E-state index contributed by atoms with van der Waals surface area (Å²) in [6, 6.07) is 13.3. The van der Waals surface area contributed by atoms with E-state index in [1.54, 1.807) is 36.4 Å². The fourth-order valence-corrected chi connectivity index (χ4v) is 7.81. The first-order valence-corrected chi connectivity index (χ1v) is 21.4. The fourth-order valence-electron chi connectivity index (χ4n) is 6.22. The molecule has 2 aliphatic heterocycles. The minimum atomic E-state index is -3.40. The molecule has 4 heterocycles. The lowest BCUT2D eigenvalue weighted by atomic mass is 10.0. The highest BCUT2D eigenvalue weighted by molar-refractivity contribution is 7.92. The molecule has 2 saturated heterocycles. The number of nitrogen functional groups attached to an aromatic ring is 2. The van der Waals surface area contributed by atoms with Crippen molar-refractivity contribution < 1.29 is 26.3 Å². The fraction of sp³-hybridized carbons (Fsp3) is 0.412. The SMILES string of the molecule is Cc1cc(N2CCCOC[C@@H]2c2cc(NS(C)(=O)=O)ccc2Cl)nc(N)n1.Cc1cc(N2CCCOC[C@H]2c2cc(NS(C)(=O)=O)ccc2Cl)nc(N)n1. The van der Waals surface area contributed by atoms with Crippen LogP contribution in [0.3, 0.4) is 0 Å². The molecular formula is C34H44Cl2N10O6S2. The molecule has 54 heavy (non-hydrogen) atoms. The Labute approximate surface area is 325 Å². The minimum absolute atomic E-state index is 0.201. The maximum Gasteiger partial charge on any atom is 0.229 e. The van der Waals surface area contributed by atoms with Crippen LogP contribution in [0.4, 0.5) is 34.9 Å². The monoisotopic (exact) mass is 822 g/mol. The van der Waals surface area contributed by atoms with Crippen LogP contribution in [0.2, 0.25) is 10.0 Å². The zero-order valence-corrected chi connectivity index (χ0v) is 33.4. The van der Waals surface area contributed by atoms with Crippen molar-refractivity contribution in [3.05, 3.63) is 81.1 Å². The van der Waals surface area contributed by atoms with Crippen LogP contribution in [-0.2, 0) is 29.5 Å². The molecule has 0 unspecified atom stereocenters. The molecule has 0 spiro atoms. The number of halogens is 2. The van der Waals surface area contributed by atoms with Crippen LogP contribution in [0, 0.1) is 13.8 Å². The van der Waals surface area contributed by atoms with Gasteiger partial charge in [0.05, 0.1) is 37.8 Å². The van der Waals surface area contributed by atoms with Gasteiger partial charge in [0, 0.05) is 71.2 Å². The molecule has 2 aromatic carbocycles. The highest BCUT2D eigenvalue weighted by Gasteiger charge is 2.29. The quantitative estimate of drug-likeness (QED) is 0.189. The third-order valence-corrected chi connectivity index (χ3v) is 10.2. The van der Waals surface area contributed by atoms with Gasteiger partial charge in [0.25, 0.3) is 0 Å². The molecule has 2 aliphatic rings. The number of aromatic nitrogens is 4. The summed E-state index contributed by atoms with van der Waals surface area (Å²) in [6.07, 6.45) is 3.85. The Balaban J connectivity index is 0.000000208. The number of nitrogens with zero attached hydrogens (tertiary/aromatic N) is 6. The number of rotatable bonds is 8. The van der Waals surface area contributed by atoms with Crippen molar-refractivity contribution >= 4 is 78.2 Å². The van der Waals surface area contributed by atoms with Crippen LogP contribution >= 0.6 is 23.2 Å². The van der Waals surface area contributed by atoms with Gasteiger partial charge in [-0.2, -0.15) is 9.97 Å². The van der Waals surface area contributed by atoms with Gasteiger partial charge in [-0.25, -0.2) is 26.8 Å². The molecule has 0 saturated carbocycles. The topological polar surface area (TPSA) is 221 Å². The molecule has 0 radical (unpaired) electrons. The molecule has 0 amide bonds. The lowest BCUT2D eigenvalue weighted by Gasteiger charge is -2.31. The van der Waals surface area contributed by atoms with Gasteiger partial charge < -0.3 is 30.7 Å². The molecule has 2 fully saturated rings. The molecule has 16 nitrogen and oxygen atoms in total. The summed E-state index contributed by atoms with van der Waals surface area (Å²) in [7, 11) is -6.79. The van der Waals surface area contributed by atoms with Gasteiger partial charge in [-0.3, -0.25) is 9.44 Å². The molecule has 2 atom stereocenters. The van der Waals surface area contributed by atoms with Crippen molar-refractivity contribution in [1.29, 1.82) is 0 Å². The Hall–Kier alpha value is -4.20. The lowest BCUT2D eigenvalue weighted by molar-refractivity contribution is 0.134. The largest absolute Gasteiger partial charge is 0.379 e. The maximum atomic E-state index is 11.6. The Morgan fingerprint density at radius 3 is 1.41 bits per heavy atom. The van der Waals surface area contributed by atoms with Crippen LogP contribution in [0.15, 0.2) is 48.5 Å². The van der Waals surface area contributed by atoms with Gasteiger partial charge in [0.1, 0.15) is 11.6 Å². The summed E-state index contributed by atoms with van der Waals surface area (Å²) in [6.45, 7) is 7.12. The second kappa shape index (κ2) is 17.5. The molecule has 0 bridgehead atoms. The second-order valence-corrected chi connectivity index (χ2v) is 17.3. The average molecular weight is 824 g/mol. The third kappa shape index (κ3) is 11.4. The van der Waals surface area contributed by atoms with E-state index in [2.05, 4.69) is 39.2 Å². The maximum absolute atomic E-state index is 11.6. The first-order valence-electron chi connectivity index (χ1n) is 16.9. The van der Waals surface area contributed by atoms with Gasteiger partial charge in [0.2, 0.25) is 31.9 Å². The van der Waals surface area contributed by atoms with Gasteiger partial charge in [-0.1, -0.05) is 23.2 Å². The van der Waals surface area contributed by atoms with Crippen molar-refractivity contribution in [2.24, 2.45) is 0 Å². The number of ether oxygens (including phenoxy) is 2. The summed E-state index contributed by atoms with van der Waals surface area (Å²) in [4.78, 5) is 21.1. The first-order chi connectivity index (χ1) is 25.5. The van der Waals surface area contributed by atoms with E-state index >= 15 is 0 Å². The molecule has 6 N–H and O–H groups in total. The zero-order chi connectivity index (χ0) is 39.2. The first kappa shape index (κ1) is 41.0. The Kier molecular flexibility index (Phi) is 13.3. The van der Waals surface area contributed by atoms with E-state index in [1.165, 1.54) is 0 Å². The van der Waals surface area contributed by atoms with E-state index in [9.17, 15) is 16.8 Å². The number of benzene rings is 2. The summed E-state index contributed by atoms with van der Waals surface area (Å²) >= 11 is 12.9. The second-order valence-electron chi connectivity index (χ2n) is 12.9. The summed E-state index contributed by atoms with van der Waals surface area (Å²) < 4.78 is 62.8. The molecule has 292 valence electrons. The summed E-state index contributed by atoms with van der Waals surface area (Å²) in [5, 5.41) is 1.04. The molecule has 6 rings (SSSR count). The highest BCUT2D eigenvalue weighted by atomic mass is 35.5. The van der Waals surface area contributed by atoms with E-state index < -0.39 is 20.0 Å². The average Bonchev–Trinajstić information content (AvgIpc) is 3.46.